The van der Waals surface area contributed by atoms with Gasteiger partial charge in [0.25, 0.3) is 0 Å². The van der Waals surface area contributed by atoms with E-state index >= 15 is 0 Å². The Bertz CT molecular complexity index is 417. The topological polar surface area (TPSA) is 49.4 Å². The molecule has 1 N–H and O–H groups in total. The van der Waals surface area contributed by atoms with E-state index in [9.17, 15) is 8.42 Å². The monoisotopic (exact) mass is 272 g/mol. The van der Waals surface area contributed by atoms with Gasteiger partial charge in [-0.15, -0.1) is 0 Å². The first-order valence-corrected chi connectivity index (χ1v) is 8.33. The van der Waals surface area contributed by atoms with E-state index in [0.29, 0.717) is 24.4 Å². The van der Waals surface area contributed by atoms with E-state index in [1.54, 1.807) is 14.1 Å². The number of allylic oxidation sites excluding steroid dienone is 2. The molecular formula is C13H24N2O2S. The molecule has 2 aliphatic carbocycles. The minimum Gasteiger partial charge on any atom is -0.313 e. The molecule has 0 spiro atoms. The van der Waals surface area contributed by atoms with Gasteiger partial charge in [-0.3, -0.25) is 0 Å². The number of hydrogen-bond acceptors (Lipinski definition) is 3. The van der Waals surface area contributed by atoms with Crippen LogP contribution >= 0.6 is 0 Å². The molecular weight excluding hydrogens is 248 g/mol. The van der Waals surface area contributed by atoms with Crippen molar-refractivity contribution in [3.8, 4) is 0 Å². The van der Waals surface area contributed by atoms with Crippen LogP contribution < -0.4 is 5.32 Å². The first kappa shape index (κ1) is 14.0. The van der Waals surface area contributed by atoms with Crippen molar-refractivity contribution < 1.29 is 8.42 Å². The Morgan fingerprint density at radius 1 is 1.33 bits per heavy atom. The van der Waals surface area contributed by atoms with Gasteiger partial charge in [0.1, 0.15) is 0 Å². The fraction of sp³-hybridized carbons (Fsp3) is 0.846. The van der Waals surface area contributed by atoms with Crippen LogP contribution in [0.2, 0.25) is 0 Å². The van der Waals surface area contributed by atoms with Crippen LogP contribution in [0.15, 0.2) is 12.2 Å². The van der Waals surface area contributed by atoms with Gasteiger partial charge in [0.05, 0.1) is 5.75 Å². The third-order valence-electron chi connectivity index (χ3n) is 4.36. The van der Waals surface area contributed by atoms with E-state index in [0.717, 1.165) is 5.92 Å². The van der Waals surface area contributed by atoms with Crippen LogP contribution in [0.25, 0.3) is 0 Å². The first-order chi connectivity index (χ1) is 8.40. The van der Waals surface area contributed by atoms with E-state index in [4.69, 9.17) is 0 Å². The van der Waals surface area contributed by atoms with Crippen molar-refractivity contribution in [3.05, 3.63) is 12.2 Å². The molecule has 4 unspecified atom stereocenters. The van der Waals surface area contributed by atoms with Crippen LogP contribution in [0.1, 0.15) is 19.8 Å². The number of nitrogens with zero attached hydrogens (tertiary/aromatic N) is 1. The summed E-state index contributed by atoms with van der Waals surface area (Å²) in [6.07, 6.45) is 7.24. The molecule has 0 radical (unpaired) electrons. The van der Waals surface area contributed by atoms with E-state index in [2.05, 4.69) is 24.4 Å². The summed E-state index contributed by atoms with van der Waals surface area (Å²) in [5, 5.41) is 3.38. The van der Waals surface area contributed by atoms with Crippen LogP contribution in [0.3, 0.4) is 0 Å². The van der Waals surface area contributed by atoms with Crippen molar-refractivity contribution in [1.29, 1.82) is 0 Å². The highest BCUT2D eigenvalue weighted by atomic mass is 32.2. The minimum absolute atomic E-state index is 0.182. The molecule has 4 nitrogen and oxygen atoms in total. The van der Waals surface area contributed by atoms with Gasteiger partial charge in [-0.05, 0) is 37.5 Å². The summed E-state index contributed by atoms with van der Waals surface area (Å²) in [5.74, 6) is 2.35. The zero-order valence-corrected chi connectivity index (χ0v) is 12.3. The molecule has 0 aromatic heterocycles. The molecule has 2 aliphatic rings. The predicted octanol–water partition coefficient (Wildman–Crippen LogP) is 1.07. The highest BCUT2D eigenvalue weighted by Gasteiger charge is 2.38. The summed E-state index contributed by atoms with van der Waals surface area (Å²) in [6, 6.07) is 0.405. The second-order valence-corrected chi connectivity index (χ2v) is 8.09. The van der Waals surface area contributed by atoms with Crippen molar-refractivity contribution in [2.45, 2.75) is 25.8 Å². The summed E-state index contributed by atoms with van der Waals surface area (Å²) < 4.78 is 24.6. The van der Waals surface area contributed by atoms with Crippen molar-refractivity contribution in [3.63, 3.8) is 0 Å². The molecule has 0 aliphatic heterocycles. The maximum atomic E-state index is 11.6. The standard InChI is InChI=1S/C13H24N2O2S/c1-10(13-9-11-4-5-12(13)8-11)14-6-7-18(16,17)15(2)3/h4-5,10-14H,6-9H2,1-3H3. The maximum absolute atomic E-state index is 11.6. The number of nitrogens with one attached hydrogen (secondary N) is 1. The molecule has 18 heavy (non-hydrogen) atoms. The third kappa shape index (κ3) is 2.95. The Kier molecular flexibility index (Phi) is 4.14. The lowest BCUT2D eigenvalue weighted by atomic mass is 9.87. The number of hydrogen-bond donors (Lipinski definition) is 1. The Morgan fingerprint density at radius 3 is 2.56 bits per heavy atom. The summed E-state index contributed by atoms with van der Waals surface area (Å²) in [4.78, 5) is 0. The second kappa shape index (κ2) is 5.31. The lowest BCUT2D eigenvalue weighted by Crippen LogP contribution is -2.39. The molecule has 2 bridgehead atoms. The molecule has 1 fully saturated rings. The normalized spacial score (nSPS) is 32.3. The molecule has 0 saturated heterocycles. The maximum Gasteiger partial charge on any atom is 0.214 e. The highest BCUT2D eigenvalue weighted by molar-refractivity contribution is 7.89. The number of sulfonamides is 1. The first-order valence-electron chi connectivity index (χ1n) is 6.72. The Balaban J connectivity index is 1.76. The Labute approximate surface area is 110 Å². The highest BCUT2D eigenvalue weighted by Crippen LogP contribution is 2.44. The molecule has 0 aromatic carbocycles. The largest absolute Gasteiger partial charge is 0.313 e. The van der Waals surface area contributed by atoms with E-state index in [1.165, 1.54) is 17.1 Å². The molecule has 0 heterocycles. The van der Waals surface area contributed by atoms with Gasteiger partial charge in [0, 0.05) is 26.7 Å². The van der Waals surface area contributed by atoms with Crippen molar-refractivity contribution in [2.24, 2.45) is 17.8 Å². The van der Waals surface area contributed by atoms with Crippen molar-refractivity contribution >= 4 is 10.0 Å². The fourth-order valence-corrected chi connectivity index (χ4v) is 3.89. The van der Waals surface area contributed by atoms with E-state index in [1.807, 2.05) is 0 Å². The van der Waals surface area contributed by atoms with Gasteiger partial charge in [0.15, 0.2) is 0 Å². The van der Waals surface area contributed by atoms with Crippen LogP contribution in [0, 0.1) is 17.8 Å². The van der Waals surface area contributed by atoms with Crippen LogP contribution in [0.5, 0.6) is 0 Å². The zero-order valence-electron chi connectivity index (χ0n) is 11.5. The predicted molar refractivity (Wildman–Crippen MR) is 73.8 cm³/mol. The number of fused-ring (bicyclic) bond motifs is 2. The van der Waals surface area contributed by atoms with E-state index < -0.39 is 10.0 Å². The van der Waals surface area contributed by atoms with Gasteiger partial charge in [-0.1, -0.05) is 12.2 Å². The molecule has 104 valence electrons. The summed E-state index contributed by atoms with van der Waals surface area (Å²) in [7, 11) is 0.0948. The lowest BCUT2D eigenvalue weighted by molar-refractivity contribution is 0.332. The zero-order chi connectivity index (χ0) is 13.3. The van der Waals surface area contributed by atoms with Crippen molar-refractivity contribution in [1.82, 2.24) is 9.62 Å². The Hall–Kier alpha value is -0.390. The quantitative estimate of drug-likeness (QED) is 0.736. The van der Waals surface area contributed by atoms with Gasteiger partial charge in [-0.2, -0.15) is 0 Å². The molecule has 5 heteroatoms. The van der Waals surface area contributed by atoms with Crippen LogP contribution in [-0.2, 0) is 10.0 Å². The second-order valence-electron chi connectivity index (χ2n) is 5.79. The Morgan fingerprint density at radius 2 is 2.06 bits per heavy atom. The molecule has 0 amide bonds. The lowest BCUT2D eigenvalue weighted by Gasteiger charge is -2.26. The van der Waals surface area contributed by atoms with Crippen molar-refractivity contribution in [2.75, 3.05) is 26.4 Å². The van der Waals surface area contributed by atoms with Crippen LogP contribution in [0.4, 0.5) is 0 Å². The van der Waals surface area contributed by atoms with E-state index in [-0.39, 0.29) is 5.75 Å². The summed E-state index contributed by atoms with van der Waals surface area (Å²) in [6.45, 7) is 2.72. The van der Waals surface area contributed by atoms with Gasteiger partial charge in [0.2, 0.25) is 10.0 Å². The smallest absolute Gasteiger partial charge is 0.214 e. The van der Waals surface area contributed by atoms with Gasteiger partial charge >= 0.3 is 0 Å². The average Bonchev–Trinajstić information content (AvgIpc) is 2.89. The van der Waals surface area contributed by atoms with Gasteiger partial charge in [-0.25, -0.2) is 12.7 Å². The average molecular weight is 272 g/mol. The SMILES string of the molecule is CC(NCCS(=O)(=O)N(C)C)C1CC2C=CC1C2. The number of rotatable bonds is 6. The third-order valence-corrected chi connectivity index (χ3v) is 6.19. The summed E-state index contributed by atoms with van der Waals surface area (Å²) >= 11 is 0. The molecule has 0 aromatic rings. The minimum atomic E-state index is -3.07. The molecule has 1 saturated carbocycles. The fourth-order valence-electron chi connectivity index (χ4n) is 3.15. The molecule has 4 atom stereocenters. The molecule has 2 rings (SSSR count). The summed E-state index contributed by atoms with van der Waals surface area (Å²) in [5.41, 5.74) is 0. The van der Waals surface area contributed by atoms with Gasteiger partial charge < -0.3 is 5.32 Å². The van der Waals surface area contributed by atoms with Crippen LogP contribution in [-0.4, -0.2) is 45.2 Å².